The summed E-state index contributed by atoms with van der Waals surface area (Å²) in [5.41, 5.74) is 2.90. The van der Waals surface area contributed by atoms with Crippen LogP contribution < -0.4 is 14.8 Å². The number of hydrogen-bond acceptors (Lipinski definition) is 3. The highest BCUT2D eigenvalue weighted by molar-refractivity contribution is 5.94. The molecule has 2 rings (SSSR count). The zero-order chi connectivity index (χ0) is 19.1. The Bertz CT molecular complexity index is 750. The predicted octanol–water partition coefficient (Wildman–Crippen LogP) is 5.09. The van der Waals surface area contributed by atoms with Crippen molar-refractivity contribution in [1.29, 1.82) is 0 Å². The highest BCUT2D eigenvalue weighted by Crippen LogP contribution is 2.28. The summed E-state index contributed by atoms with van der Waals surface area (Å²) in [6.07, 6.45) is 1.08. The normalized spacial score (nSPS) is 11.7. The van der Waals surface area contributed by atoms with Crippen molar-refractivity contribution in [3.63, 3.8) is 0 Å². The molecular formula is C22H27NO3. The molecule has 0 aliphatic carbocycles. The van der Waals surface area contributed by atoms with Gasteiger partial charge in [-0.25, -0.2) is 0 Å². The van der Waals surface area contributed by atoms with Crippen LogP contribution in [0.3, 0.4) is 0 Å². The smallest absolute Gasteiger partial charge is 0.265 e. The van der Waals surface area contributed by atoms with Crippen LogP contribution in [0, 0.1) is 6.92 Å². The number of aryl methyl sites for hydroxylation is 1. The van der Waals surface area contributed by atoms with Crippen molar-refractivity contribution in [1.82, 2.24) is 0 Å². The van der Waals surface area contributed by atoms with Gasteiger partial charge in [0.2, 0.25) is 0 Å². The molecular weight excluding hydrogens is 326 g/mol. The molecule has 1 amide bonds. The van der Waals surface area contributed by atoms with Gasteiger partial charge in [-0.2, -0.15) is 0 Å². The molecule has 138 valence electrons. The van der Waals surface area contributed by atoms with E-state index in [0.29, 0.717) is 18.2 Å². The molecule has 0 radical (unpaired) electrons. The minimum Gasteiger partial charge on any atom is -0.490 e. The van der Waals surface area contributed by atoms with E-state index in [1.54, 1.807) is 25.1 Å². The lowest BCUT2D eigenvalue weighted by Gasteiger charge is -2.19. The predicted molar refractivity (Wildman–Crippen MR) is 106 cm³/mol. The van der Waals surface area contributed by atoms with Gasteiger partial charge in [-0.05, 0) is 61.2 Å². The number of rotatable bonds is 8. The van der Waals surface area contributed by atoms with E-state index < -0.39 is 6.10 Å². The SMILES string of the molecule is C=CCOc1ccc(NC(=O)C(C)Oc2cc(C)ccc2C(C)C)cc1. The zero-order valence-electron chi connectivity index (χ0n) is 15.9. The number of nitrogens with one attached hydrogen (secondary N) is 1. The van der Waals surface area contributed by atoms with Crippen LogP contribution in [0.15, 0.2) is 55.1 Å². The summed E-state index contributed by atoms with van der Waals surface area (Å²) in [4.78, 5) is 12.5. The van der Waals surface area contributed by atoms with E-state index in [1.165, 1.54) is 0 Å². The topological polar surface area (TPSA) is 47.6 Å². The van der Waals surface area contributed by atoms with Crippen molar-refractivity contribution in [3.8, 4) is 11.5 Å². The second-order valence-corrected chi connectivity index (χ2v) is 6.57. The Kier molecular flexibility index (Phi) is 6.84. The lowest BCUT2D eigenvalue weighted by atomic mass is 10.0. The highest BCUT2D eigenvalue weighted by atomic mass is 16.5. The number of hydrogen-bond donors (Lipinski definition) is 1. The molecule has 2 aromatic rings. The minimum atomic E-state index is -0.606. The van der Waals surface area contributed by atoms with Crippen LogP contribution in [0.2, 0.25) is 0 Å². The zero-order valence-corrected chi connectivity index (χ0v) is 15.9. The van der Waals surface area contributed by atoms with E-state index in [0.717, 1.165) is 22.6 Å². The first-order valence-electron chi connectivity index (χ1n) is 8.82. The molecule has 0 saturated carbocycles. The fraction of sp³-hybridized carbons (Fsp3) is 0.318. The van der Waals surface area contributed by atoms with Gasteiger partial charge < -0.3 is 14.8 Å². The maximum absolute atomic E-state index is 12.5. The van der Waals surface area contributed by atoms with Gasteiger partial charge in [0.1, 0.15) is 18.1 Å². The molecule has 0 saturated heterocycles. The maximum Gasteiger partial charge on any atom is 0.265 e. The van der Waals surface area contributed by atoms with Crippen molar-refractivity contribution in [3.05, 3.63) is 66.2 Å². The van der Waals surface area contributed by atoms with Crippen molar-refractivity contribution >= 4 is 11.6 Å². The fourth-order valence-corrected chi connectivity index (χ4v) is 2.50. The first-order chi connectivity index (χ1) is 12.4. The molecule has 0 spiro atoms. The quantitative estimate of drug-likeness (QED) is 0.673. The molecule has 4 nitrogen and oxygen atoms in total. The van der Waals surface area contributed by atoms with E-state index in [-0.39, 0.29) is 5.91 Å². The maximum atomic E-state index is 12.5. The standard InChI is InChI=1S/C22H27NO3/c1-6-13-25-19-10-8-18(9-11-19)23-22(24)17(5)26-21-14-16(4)7-12-20(21)15(2)3/h6-12,14-15,17H,1,13H2,2-5H3,(H,23,24). The Morgan fingerprint density at radius 3 is 2.46 bits per heavy atom. The van der Waals surface area contributed by atoms with Crippen LogP contribution in [0.4, 0.5) is 5.69 Å². The fourth-order valence-electron chi connectivity index (χ4n) is 2.50. The molecule has 0 heterocycles. The first-order valence-corrected chi connectivity index (χ1v) is 8.82. The monoisotopic (exact) mass is 353 g/mol. The van der Waals surface area contributed by atoms with Gasteiger partial charge in [0, 0.05) is 5.69 Å². The van der Waals surface area contributed by atoms with Crippen LogP contribution in [0.25, 0.3) is 0 Å². The van der Waals surface area contributed by atoms with Gasteiger partial charge in [0.15, 0.2) is 6.10 Å². The molecule has 1 N–H and O–H groups in total. The number of carbonyl (C=O) groups is 1. The Balaban J connectivity index is 2.01. The van der Waals surface area contributed by atoms with Gasteiger partial charge in [-0.15, -0.1) is 0 Å². The Labute approximate surface area is 155 Å². The molecule has 1 atom stereocenters. The third kappa shape index (κ3) is 5.38. The van der Waals surface area contributed by atoms with Crippen LogP contribution in [0.5, 0.6) is 11.5 Å². The van der Waals surface area contributed by atoms with Crippen LogP contribution in [-0.4, -0.2) is 18.6 Å². The number of ether oxygens (including phenoxy) is 2. The van der Waals surface area contributed by atoms with Crippen molar-refractivity contribution in [2.75, 3.05) is 11.9 Å². The van der Waals surface area contributed by atoms with Crippen LogP contribution in [0.1, 0.15) is 37.8 Å². The molecule has 0 aliphatic heterocycles. The van der Waals surface area contributed by atoms with Crippen LogP contribution in [-0.2, 0) is 4.79 Å². The molecule has 0 aromatic heterocycles. The molecule has 0 bridgehead atoms. The average Bonchev–Trinajstić information content (AvgIpc) is 2.60. The Hall–Kier alpha value is -2.75. The van der Waals surface area contributed by atoms with Crippen molar-refractivity contribution < 1.29 is 14.3 Å². The number of benzene rings is 2. The lowest BCUT2D eigenvalue weighted by Crippen LogP contribution is -2.30. The van der Waals surface area contributed by atoms with Crippen molar-refractivity contribution in [2.24, 2.45) is 0 Å². The summed E-state index contributed by atoms with van der Waals surface area (Å²) in [6, 6.07) is 13.3. The summed E-state index contributed by atoms with van der Waals surface area (Å²) in [5.74, 6) is 1.62. The summed E-state index contributed by atoms with van der Waals surface area (Å²) < 4.78 is 11.4. The molecule has 0 aliphatic rings. The van der Waals surface area contributed by atoms with Gasteiger partial charge >= 0.3 is 0 Å². The van der Waals surface area contributed by atoms with Gasteiger partial charge in [0.25, 0.3) is 5.91 Å². The number of anilines is 1. The average molecular weight is 353 g/mol. The van der Waals surface area contributed by atoms with E-state index in [1.807, 2.05) is 25.1 Å². The first kappa shape index (κ1) is 19.6. The van der Waals surface area contributed by atoms with E-state index in [2.05, 4.69) is 37.9 Å². The second-order valence-electron chi connectivity index (χ2n) is 6.57. The minimum absolute atomic E-state index is 0.194. The Morgan fingerprint density at radius 2 is 1.85 bits per heavy atom. The summed E-state index contributed by atoms with van der Waals surface area (Å²) in [5, 5.41) is 2.87. The van der Waals surface area contributed by atoms with Gasteiger partial charge in [-0.3, -0.25) is 4.79 Å². The second kappa shape index (κ2) is 9.09. The molecule has 4 heteroatoms. The van der Waals surface area contributed by atoms with Crippen molar-refractivity contribution in [2.45, 2.75) is 39.7 Å². The lowest BCUT2D eigenvalue weighted by molar-refractivity contribution is -0.122. The molecule has 2 aromatic carbocycles. The molecule has 26 heavy (non-hydrogen) atoms. The van der Waals surface area contributed by atoms with E-state index in [4.69, 9.17) is 9.47 Å². The molecule has 1 unspecified atom stereocenters. The number of amides is 1. The summed E-state index contributed by atoms with van der Waals surface area (Å²) >= 11 is 0. The van der Waals surface area contributed by atoms with Gasteiger partial charge in [0.05, 0.1) is 0 Å². The van der Waals surface area contributed by atoms with E-state index >= 15 is 0 Å². The largest absolute Gasteiger partial charge is 0.490 e. The highest BCUT2D eigenvalue weighted by Gasteiger charge is 2.18. The summed E-state index contributed by atoms with van der Waals surface area (Å²) in [6.45, 7) is 12.0. The van der Waals surface area contributed by atoms with E-state index in [9.17, 15) is 4.79 Å². The van der Waals surface area contributed by atoms with Crippen LogP contribution >= 0.6 is 0 Å². The summed E-state index contributed by atoms with van der Waals surface area (Å²) in [7, 11) is 0. The molecule has 0 fully saturated rings. The number of carbonyl (C=O) groups excluding carboxylic acids is 1. The third-order valence-electron chi connectivity index (χ3n) is 3.95. The Morgan fingerprint density at radius 1 is 1.15 bits per heavy atom. The van der Waals surface area contributed by atoms with Gasteiger partial charge in [-0.1, -0.05) is 38.6 Å². The third-order valence-corrected chi connectivity index (χ3v) is 3.95.